The molecule has 3 amide bonds. The van der Waals surface area contributed by atoms with E-state index in [9.17, 15) is 9.59 Å². The van der Waals surface area contributed by atoms with Crippen molar-refractivity contribution in [2.45, 2.75) is 31.5 Å². The second kappa shape index (κ2) is 10.0. The fraction of sp³-hybridized carbons (Fsp3) is 0.370. The number of benzene rings is 1. The van der Waals surface area contributed by atoms with Crippen LogP contribution in [-0.4, -0.2) is 70.5 Å². The van der Waals surface area contributed by atoms with Crippen LogP contribution in [0.15, 0.2) is 71.6 Å². The smallest absolute Gasteiger partial charge is 0.328 e. The van der Waals surface area contributed by atoms with E-state index in [1.807, 2.05) is 36.4 Å². The van der Waals surface area contributed by atoms with Gasteiger partial charge in [-0.3, -0.25) is 19.6 Å². The van der Waals surface area contributed by atoms with Gasteiger partial charge in [0.05, 0.1) is 19.4 Å². The normalized spacial score (nSPS) is 18.1. The van der Waals surface area contributed by atoms with Crippen molar-refractivity contribution in [1.82, 2.24) is 19.7 Å². The molecule has 8 heteroatoms. The molecule has 0 saturated carbocycles. The van der Waals surface area contributed by atoms with E-state index in [0.717, 1.165) is 36.5 Å². The predicted molar refractivity (Wildman–Crippen MR) is 130 cm³/mol. The van der Waals surface area contributed by atoms with Gasteiger partial charge in [0.2, 0.25) is 0 Å². The van der Waals surface area contributed by atoms with E-state index >= 15 is 0 Å². The first kappa shape index (κ1) is 23.3. The summed E-state index contributed by atoms with van der Waals surface area (Å²) in [4.78, 5) is 36.6. The van der Waals surface area contributed by atoms with E-state index in [2.05, 4.69) is 22.0 Å². The van der Waals surface area contributed by atoms with Crippen LogP contribution in [0.25, 0.3) is 11.3 Å². The SMILES string of the molecule is COCCN1C(=O)N(Cc2cccnc2)C(=O)C12CCN(Cc1cccc(-c3ccco3)c1)CC2. The zero-order valence-electron chi connectivity index (χ0n) is 19.9. The molecular weight excluding hydrogens is 444 g/mol. The maximum atomic E-state index is 13.7. The molecule has 3 aromatic rings. The number of carbonyl (C=O) groups excluding carboxylic acids is 2. The first-order chi connectivity index (χ1) is 17.1. The van der Waals surface area contributed by atoms with Crippen molar-refractivity contribution in [2.75, 3.05) is 33.4 Å². The van der Waals surface area contributed by atoms with E-state index in [1.165, 1.54) is 10.5 Å². The van der Waals surface area contributed by atoms with Crippen molar-refractivity contribution in [3.63, 3.8) is 0 Å². The van der Waals surface area contributed by atoms with Crippen LogP contribution in [0.4, 0.5) is 4.79 Å². The Kier molecular flexibility index (Phi) is 6.66. The predicted octanol–water partition coefficient (Wildman–Crippen LogP) is 3.79. The van der Waals surface area contributed by atoms with Gasteiger partial charge in [0, 0.05) is 51.2 Å². The molecule has 4 heterocycles. The summed E-state index contributed by atoms with van der Waals surface area (Å²) in [6.07, 6.45) is 6.26. The average molecular weight is 475 g/mol. The molecule has 0 bridgehead atoms. The number of hydrogen-bond acceptors (Lipinski definition) is 6. The molecule has 2 aromatic heterocycles. The molecule has 5 rings (SSSR count). The van der Waals surface area contributed by atoms with E-state index in [-0.39, 0.29) is 18.5 Å². The van der Waals surface area contributed by atoms with Gasteiger partial charge in [-0.2, -0.15) is 0 Å². The minimum absolute atomic E-state index is 0.109. The summed E-state index contributed by atoms with van der Waals surface area (Å²) < 4.78 is 10.8. The van der Waals surface area contributed by atoms with Crippen LogP contribution in [0.2, 0.25) is 0 Å². The van der Waals surface area contributed by atoms with Crippen molar-refractivity contribution in [3.8, 4) is 11.3 Å². The molecule has 0 aliphatic carbocycles. The Bertz CT molecular complexity index is 1160. The highest BCUT2D eigenvalue weighted by Crippen LogP contribution is 2.38. The fourth-order valence-electron chi connectivity index (χ4n) is 5.18. The van der Waals surface area contributed by atoms with Gasteiger partial charge in [0.15, 0.2) is 0 Å². The molecule has 2 saturated heterocycles. The highest BCUT2D eigenvalue weighted by Gasteiger charge is 2.57. The summed E-state index contributed by atoms with van der Waals surface area (Å²) in [5, 5.41) is 0. The summed E-state index contributed by atoms with van der Waals surface area (Å²) >= 11 is 0. The number of aromatic nitrogens is 1. The molecule has 2 aliphatic rings. The number of pyridine rings is 1. The van der Waals surface area contributed by atoms with Crippen LogP contribution in [0.5, 0.6) is 0 Å². The second-order valence-electron chi connectivity index (χ2n) is 9.16. The van der Waals surface area contributed by atoms with E-state index < -0.39 is 5.54 Å². The number of urea groups is 1. The Morgan fingerprint density at radius 3 is 2.57 bits per heavy atom. The lowest BCUT2D eigenvalue weighted by Crippen LogP contribution is -2.57. The van der Waals surface area contributed by atoms with Gasteiger partial charge >= 0.3 is 6.03 Å². The third kappa shape index (κ3) is 4.59. The summed E-state index contributed by atoms with van der Waals surface area (Å²) in [7, 11) is 1.61. The highest BCUT2D eigenvalue weighted by molar-refractivity contribution is 6.07. The Balaban J connectivity index is 1.30. The molecule has 2 fully saturated rings. The molecule has 8 nitrogen and oxygen atoms in total. The third-order valence-corrected chi connectivity index (χ3v) is 7.03. The minimum Gasteiger partial charge on any atom is -0.464 e. The lowest BCUT2D eigenvalue weighted by atomic mass is 9.85. The number of imide groups is 1. The Morgan fingerprint density at radius 2 is 1.86 bits per heavy atom. The summed E-state index contributed by atoms with van der Waals surface area (Å²) in [5.41, 5.74) is 2.27. The standard InChI is InChI=1S/C27H30N4O4/c1-34-16-14-31-26(33)30(20-22-6-3-11-28-18-22)25(32)27(31)9-12-29(13-10-27)19-21-5-2-7-23(17-21)24-8-4-15-35-24/h2-8,11,15,17-18H,9-10,12-14,16,19-20H2,1H3. The minimum atomic E-state index is -0.815. The third-order valence-electron chi connectivity index (χ3n) is 7.03. The largest absolute Gasteiger partial charge is 0.464 e. The van der Waals surface area contributed by atoms with Crippen molar-refractivity contribution in [3.05, 3.63) is 78.3 Å². The maximum Gasteiger partial charge on any atom is 0.328 e. The Hall–Kier alpha value is -3.49. The molecule has 1 spiro atoms. The molecule has 0 N–H and O–H groups in total. The summed E-state index contributed by atoms with van der Waals surface area (Å²) in [6, 6.07) is 15.7. The molecule has 0 unspecified atom stereocenters. The molecule has 0 atom stereocenters. The van der Waals surface area contributed by atoms with Crippen LogP contribution >= 0.6 is 0 Å². The summed E-state index contributed by atoms with van der Waals surface area (Å²) in [6.45, 7) is 3.27. The van der Waals surface area contributed by atoms with Gasteiger partial charge in [-0.1, -0.05) is 24.3 Å². The van der Waals surface area contributed by atoms with E-state index in [4.69, 9.17) is 9.15 Å². The van der Waals surface area contributed by atoms with Crippen LogP contribution in [0.3, 0.4) is 0 Å². The Morgan fingerprint density at radius 1 is 1.03 bits per heavy atom. The number of furan rings is 1. The lowest BCUT2D eigenvalue weighted by molar-refractivity contribution is -0.136. The maximum absolute atomic E-state index is 13.7. The topological polar surface area (TPSA) is 79.1 Å². The average Bonchev–Trinajstić information content (AvgIpc) is 3.49. The quantitative estimate of drug-likeness (QED) is 0.462. The highest BCUT2D eigenvalue weighted by atomic mass is 16.5. The van der Waals surface area contributed by atoms with Gasteiger partial charge in [-0.05, 0) is 48.2 Å². The zero-order valence-corrected chi connectivity index (χ0v) is 19.9. The molecular formula is C27H30N4O4. The molecule has 182 valence electrons. The van der Waals surface area contributed by atoms with E-state index in [0.29, 0.717) is 26.0 Å². The molecule has 0 radical (unpaired) electrons. The van der Waals surface area contributed by atoms with Gasteiger partial charge in [0.25, 0.3) is 5.91 Å². The van der Waals surface area contributed by atoms with Crippen LogP contribution in [0.1, 0.15) is 24.0 Å². The number of carbonyl (C=O) groups is 2. The number of rotatable bonds is 8. The fourth-order valence-corrected chi connectivity index (χ4v) is 5.18. The monoisotopic (exact) mass is 474 g/mol. The molecule has 2 aliphatic heterocycles. The van der Waals surface area contributed by atoms with Gasteiger partial charge in [-0.25, -0.2) is 4.79 Å². The Labute approximate surface area is 205 Å². The lowest BCUT2D eigenvalue weighted by Gasteiger charge is -2.42. The first-order valence-electron chi connectivity index (χ1n) is 12.0. The number of hydrogen-bond donors (Lipinski definition) is 0. The number of likely N-dealkylation sites (tertiary alicyclic amines) is 1. The number of nitrogens with zero attached hydrogens (tertiary/aromatic N) is 4. The molecule has 1 aromatic carbocycles. The first-order valence-corrected chi connectivity index (χ1v) is 12.0. The van der Waals surface area contributed by atoms with Crippen LogP contribution in [0, 0.1) is 0 Å². The van der Waals surface area contributed by atoms with Crippen LogP contribution in [-0.2, 0) is 22.6 Å². The number of amides is 3. The van der Waals surface area contributed by atoms with Crippen LogP contribution < -0.4 is 0 Å². The van der Waals surface area contributed by atoms with Gasteiger partial charge in [0.1, 0.15) is 11.3 Å². The zero-order chi connectivity index (χ0) is 24.3. The van der Waals surface area contributed by atoms with Crippen molar-refractivity contribution in [2.24, 2.45) is 0 Å². The van der Waals surface area contributed by atoms with E-state index in [1.54, 1.807) is 30.7 Å². The van der Waals surface area contributed by atoms with Gasteiger partial charge < -0.3 is 14.1 Å². The number of methoxy groups -OCH3 is 1. The number of piperidine rings is 1. The number of ether oxygens (including phenoxy) is 1. The van der Waals surface area contributed by atoms with Crippen molar-refractivity contribution >= 4 is 11.9 Å². The van der Waals surface area contributed by atoms with Crippen molar-refractivity contribution < 1.29 is 18.7 Å². The van der Waals surface area contributed by atoms with Crippen molar-refractivity contribution in [1.29, 1.82) is 0 Å². The molecule has 35 heavy (non-hydrogen) atoms. The summed E-state index contributed by atoms with van der Waals surface area (Å²) in [5.74, 6) is 0.740. The van der Waals surface area contributed by atoms with Gasteiger partial charge in [-0.15, -0.1) is 0 Å². The second-order valence-corrected chi connectivity index (χ2v) is 9.16.